The zero-order chi connectivity index (χ0) is 12.6. The van der Waals surface area contributed by atoms with Gasteiger partial charge in [0.15, 0.2) is 0 Å². The van der Waals surface area contributed by atoms with Gasteiger partial charge >= 0.3 is 0 Å². The van der Waals surface area contributed by atoms with E-state index in [1.165, 1.54) is 12.1 Å². The molecular weight excluding hydrogens is 308 g/mol. The number of halogens is 1. The maximum atomic E-state index is 11.2. The Bertz CT molecular complexity index is 664. The summed E-state index contributed by atoms with van der Waals surface area (Å²) in [5.74, 6) is 0.626. The molecule has 1 heterocycles. The number of nitrogens with zero attached hydrogens (tertiary/aromatic N) is 1. The topological polar surface area (TPSA) is 86.2 Å². The van der Waals surface area contributed by atoms with E-state index in [0.717, 1.165) is 0 Å². The van der Waals surface area contributed by atoms with Crippen LogP contribution in [-0.4, -0.2) is 13.6 Å². The molecule has 1 aromatic heterocycles. The largest absolute Gasteiger partial charge is 0.360 e. The van der Waals surface area contributed by atoms with Crippen molar-refractivity contribution in [3.8, 4) is 11.3 Å². The van der Waals surface area contributed by atoms with Gasteiger partial charge in [0.05, 0.1) is 9.37 Å². The molecule has 2 aromatic rings. The van der Waals surface area contributed by atoms with Crippen LogP contribution in [-0.2, 0) is 10.0 Å². The van der Waals surface area contributed by atoms with Crippen molar-refractivity contribution in [3.63, 3.8) is 0 Å². The minimum absolute atomic E-state index is 0.0440. The van der Waals surface area contributed by atoms with Crippen LogP contribution in [0.2, 0.25) is 0 Å². The molecule has 0 atom stereocenters. The number of hydrogen-bond acceptors (Lipinski definition) is 4. The van der Waals surface area contributed by atoms with Gasteiger partial charge in [-0.25, -0.2) is 13.6 Å². The number of benzene rings is 1. The van der Waals surface area contributed by atoms with Crippen LogP contribution in [0, 0.1) is 6.92 Å². The Balaban J connectivity index is 2.58. The van der Waals surface area contributed by atoms with Crippen molar-refractivity contribution in [2.75, 3.05) is 0 Å². The quantitative estimate of drug-likeness (QED) is 0.918. The van der Waals surface area contributed by atoms with Gasteiger partial charge in [0, 0.05) is 5.56 Å². The van der Waals surface area contributed by atoms with E-state index in [4.69, 9.17) is 9.66 Å². The molecule has 5 nitrogen and oxygen atoms in total. The highest BCUT2D eigenvalue weighted by Gasteiger charge is 2.14. The average Bonchev–Trinajstić information content (AvgIpc) is 2.59. The van der Waals surface area contributed by atoms with Crippen molar-refractivity contribution in [1.82, 2.24) is 5.16 Å². The van der Waals surface area contributed by atoms with Gasteiger partial charge in [-0.15, -0.1) is 0 Å². The summed E-state index contributed by atoms with van der Waals surface area (Å²) in [7, 11) is -3.71. The Morgan fingerprint density at radius 2 is 2.12 bits per heavy atom. The number of primary sulfonamides is 1. The molecule has 0 aliphatic rings. The third kappa shape index (κ3) is 2.41. The lowest BCUT2D eigenvalue weighted by molar-refractivity contribution is 0.399. The van der Waals surface area contributed by atoms with Gasteiger partial charge in [0.2, 0.25) is 10.0 Å². The van der Waals surface area contributed by atoms with Gasteiger partial charge in [-0.05, 0) is 35.0 Å². The summed E-state index contributed by atoms with van der Waals surface area (Å²) in [5.41, 5.74) is 1.17. The molecule has 0 aliphatic carbocycles. The minimum atomic E-state index is -3.71. The van der Waals surface area contributed by atoms with Crippen molar-refractivity contribution < 1.29 is 12.9 Å². The average molecular weight is 317 g/mol. The van der Waals surface area contributed by atoms with Gasteiger partial charge in [-0.3, -0.25) is 0 Å². The van der Waals surface area contributed by atoms with Crippen molar-refractivity contribution in [2.24, 2.45) is 5.14 Å². The Hall–Kier alpha value is -1.18. The van der Waals surface area contributed by atoms with Gasteiger partial charge in [0.1, 0.15) is 11.5 Å². The lowest BCUT2D eigenvalue weighted by Crippen LogP contribution is -2.11. The summed E-state index contributed by atoms with van der Waals surface area (Å²) >= 11 is 3.32. The Labute approximate surface area is 107 Å². The highest BCUT2D eigenvalue weighted by Crippen LogP contribution is 2.30. The van der Waals surface area contributed by atoms with Crippen LogP contribution in [0.1, 0.15) is 5.76 Å². The maximum Gasteiger partial charge on any atom is 0.238 e. The van der Waals surface area contributed by atoms with Crippen LogP contribution in [0.25, 0.3) is 11.3 Å². The number of rotatable bonds is 2. The zero-order valence-corrected chi connectivity index (χ0v) is 11.2. The fourth-order valence-electron chi connectivity index (χ4n) is 1.36. The fraction of sp³-hybridized carbons (Fsp3) is 0.100. The Kier molecular flexibility index (Phi) is 3.07. The number of aryl methyl sites for hydroxylation is 1. The van der Waals surface area contributed by atoms with Crippen LogP contribution in [0.3, 0.4) is 0 Å². The normalized spacial score (nSPS) is 11.7. The molecule has 0 amide bonds. The molecule has 0 unspecified atom stereocenters. The molecule has 0 radical (unpaired) electrons. The minimum Gasteiger partial charge on any atom is -0.360 e. The molecule has 90 valence electrons. The summed E-state index contributed by atoms with van der Waals surface area (Å²) < 4.78 is 28.2. The monoisotopic (exact) mass is 316 g/mol. The third-order valence-corrected chi connectivity index (χ3v) is 4.07. The molecule has 7 heteroatoms. The van der Waals surface area contributed by atoms with Gasteiger partial charge < -0.3 is 4.52 Å². The summed E-state index contributed by atoms with van der Waals surface area (Å²) in [6.07, 6.45) is 0. The molecule has 17 heavy (non-hydrogen) atoms. The first-order valence-corrected chi connectivity index (χ1v) is 6.98. The molecule has 0 aliphatic heterocycles. The van der Waals surface area contributed by atoms with E-state index >= 15 is 0 Å². The van der Waals surface area contributed by atoms with Crippen molar-refractivity contribution >= 4 is 26.0 Å². The number of hydrogen-bond donors (Lipinski definition) is 1. The fourth-order valence-corrected chi connectivity index (χ4v) is 2.29. The molecule has 0 bridgehead atoms. The van der Waals surface area contributed by atoms with Crippen LogP contribution in [0.4, 0.5) is 0 Å². The van der Waals surface area contributed by atoms with E-state index in [9.17, 15) is 8.42 Å². The third-order valence-electron chi connectivity index (χ3n) is 2.23. The lowest BCUT2D eigenvalue weighted by Gasteiger charge is -2.01. The molecule has 0 spiro atoms. The molecule has 0 saturated heterocycles. The van der Waals surface area contributed by atoms with Crippen LogP contribution < -0.4 is 5.14 Å². The van der Waals surface area contributed by atoms with Crippen molar-refractivity contribution in [1.29, 1.82) is 0 Å². The van der Waals surface area contributed by atoms with E-state index < -0.39 is 10.0 Å². The van der Waals surface area contributed by atoms with E-state index in [1.54, 1.807) is 19.1 Å². The van der Waals surface area contributed by atoms with E-state index in [2.05, 4.69) is 21.1 Å². The molecular formula is C10H9BrN2O3S. The summed E-state index contributed by atoms with van der Waals surface area (Å²) in [5, 5.41) is 8.91. The van der Waals surface area contributed by atoms with Gasteiger partial charge in [-0.1, -0.05) is 17.3 Å². The maximum absolute atomic E-state index is 11.2. The first kappa shape index (κ1) is 12.3. The molecule has 1 aromatic carbocycles. The molecule has 2 rings (SSSR count). The highest BCUT2D eigenvalue weighted by molar-refractivity contribution is 9.10. The van der Waals surface area contributed by atoms with Gasteiger partial charge in [-0.2, -0.15) is 0 Å². The van der Waals surface area contributed by atoms with E-state index in [0.29, 0.717) is 21.5 Å². The van der Waals surface area contributed by atoms with Crippen LogP contribution in [0.15, 0.2) is 38.2 Å². The second-order valence-electron chi connectivity index (χ2n) is 3.47. The first-order valence-electron chi connectivity index (χ1n) is 4.64. The predicted molar refractivity (Wildman–Crippen MR) is 65.7 cm³/mol. The summed E-state index contributed by atoms with van der Waals surface area (Å²) in [4.78, 5) is 0.0440. The number of aromatic nitrogens is 1. The standard InChI is InChI=1S/C10H9BrN2O3S/c1-6-9(11)10(13-16-6)7-3-2-4-8(5-7)17(12,14)15/h2-5H,1H3,(H2,12,14,15). The Morgan fingerprint density at radius 1 is 1.41 bits per heavy atom. The van der Waals surface area contributed by atoms with Crippen LogP contribution >= 0.6 is 15.9 Å². The SMILES string of the molecule is Cc1onc(-c2cccc(S(N)(=O)=O)c2)c1Br. The summed E-state index contributed by atoms with van der Waals surface area (Å²) in [6, 6.07) is 6.22. The van der Waals surface area contributed by atoms with E-state index in [-0.39, 0.29) is 4.90 Å². The second kappa shape index (κ2) is 4.25. The van der Waals surface area contributed by atoms with E-state index in [1.807, 2.05) is 0 Å². The molecule has 0 saturated carbocycles. The smallest absolute Gasteiger partial charge is 0.238 e. The second-order valence-corrected chi connectivity index (χ2v) is 5.83. The predicted octanol–water partition coefficient (Wildman–Crippen LogP) is 2.06. The lowest BCUT2D eigenvalue weighted by atomic mass is 10.1. The molecule has 0 fully saturated rings. The molecule has 2 N–H and O–H groups in total. The van der Waals surface area contributed by atoms with Gasteiger partial charge in [0.25, 0.3) is 0 Å². The summed E-state index contributed by atoms with van der Waals surface area (Å²) in [6.45, 7) is 1.75. The number of nitrogens with two attached hydrogens (primary N) is 1. The van der Waals surface area contributed by atoms with Crippen molar-refractivity contribution in [2.45, 2.75) is 11.8 Å². The first-order chi connectivity index (χ1) is 7.89. The zero-order valence-electron chi connectivity index (χ0n) is 8.84. The highest BCUT2D eigenvalue weighted by atomic mass is 79.9. The Morgan fingerprint density at radius 3 is 2.65 bits per heavy atom. The number of sulfonamides is 1. The van der Waals surface area contributed by atoms with Crippen LogP contribution in [0.5, 0.6) is 0 Å². The van der Waals surface area contributed by atoms with Crippen molar-refractivity contribution in [3.05, 3.63) is 34.5 Å².